The summed E-state index contributed by atoms with van der Waals surface area (Å²) in [5.41, 5.74) is 12.2. The van der Waals surface area contributed by atoms with E-state index in [0.717, 1.165) is 0 Å². The minimum absolute atomic E-state index is 0.0344. The fourth-order valence-corrected chi connectivity index (χ4v) is 1.99. The van der Waals surface area contributed by atoms with Gasteiger partial charge in [0, 0.05) is 11.1 Å². The lowest BCUT2D eigenvalue weighted by molar-refractivity contribution is 0.0815. The van der Waals surface area contributed by atoms with Gasteiger partial charge in [0.15, 0.2) is 5.76 Å². The number of fused-ring (bicyclic) bond motifs is 3. The molecule has 1 aliphatic rings. The first kappa shape index (κ1) is 9.65. The molecule has 1 heterocycles. The van der Waals surface area contributed by atoms with Crippen molar-refractivity contribution < 1.29 is 14.0 Å². The first-order chi connectivity index (χ1) is 8.11. The standard InChI is InChI=1S/C12H8N2O3/c13-8-7-10(16)9(15)5-3-1-2-4-6(5)11(7)17-12(8)14/h1-4H,13-14H2. The minimum Gasteiger partial charge on any atom is -0.438 e. The molecule has 2 aromatic rings. The third kappa shape index (κ3) is 1.08. The zero-order valence-corrected chi connectivity index (χ0v) is 8.69. The van der Waals surface area contributed by atoms with Gasteiger partial charge in [0.25, 0.3) is 0 Å². The lowest BCUT2D eigenvalue weighted by atomic mass is 9.88. The van der Waals surface area contributed by atoms with E-state index in [1.54, 1.807) is 24.3 Å². The van der Waals surface area contributed by atoms with E-state index in [9.17, 15) is 9.59 Å². The van der Waals surface area contributed by atoms with E-state index in [1.807, 2.05) is 0 Å². The number of hydrogen-bond donors (Lipinski definition) is 2. The predicted octanol–water partition coefficient (Wildman–Crippen LogP) is 1.49. The van der Waals surface area contributed by atoms with Gasteiger partial charge >= 0.3 is 0 Å². The van der Waals surface area contributed by atoms with Gasteiger partial charge in [0.1, 0.15) is 5.69 Å². The monoisotopic (exact) mass is 228 g/mol. The van der Waals surface area contributed by atoms with Crippen molar-refractivity contribution in [2.24, 2.45) is 0 Å². The van der Waals surface area contributed by atoms with Gasteiger partial charge in [-0.2, -0.15) is 0 Å². The van der Waals surface area contributed by atoms with E-state index in [4.69, 9.17) is 15.9 Å². The second-order valence-electron chi connectivity index (χ2n) is 3.79. The van der Waals surface area contributed by atoms with Crippen molar-refractivity contribution in [1.29, 1.82) is 0 Å². The van der Waals surface area contributed by atoms with Crippen LogP contribution in [0.3, 0.4) is 0 Å². The molecule has 4 N–H and O–H groups in total. The van der Waals surface area contributed by atoms with Crippen molar-refractivity contribution in [3.63, 3.8) is 0 Å². The molecule has 0 spiro atoms. The SMILES string of the molecule is Nc1oc2c(c1N)C(=O)C(=O)c1ccccc1-2. The number of nitrogen functional groups attached to an aromatic ring is 2. The summed E-state index contributed by atoms with van der Waals surface area (Å²) < 4.78 is 5.26. The Morgan fingerprint density at radius 3 is 2.29 bits per heavy atom. The molecule has 5 nitrogen and oxygen atoms in total. The van der Waals surface area contributed by atoms with Crippen molar-refractivity contribution in [2.75, 3.05) is 11.5 Å². The number of nitrogens with two attached hydrogens (primary N) is 2. The highest BCUT2D eigenvalue weighted by atomic mass is 16.4. The number of furan rings is 1. The Morgan fingerprint density at radius 1 is 0.941 bits per heavy atom. The fourth-order valence-electron chi connectivity index (χ4n) is 1.99. The number of carbonyl (C=O) groups excluding carboxylic acids is 2. The Hall–Kier alpha value is -2.56. The van der Waals surface area contributed by atoms with Gasteiger partial charge < -0.3 is 15.9 Å². The zero-order valence-electron chi connectivity index (χ0n) is 8.69. The molecule has 0 amide bonds. The van der Waals surface area contributed by atoms with Crippen LogP contribution in [0, 0.1) is 0 Å². The highest BCUT2D eigenvalue weighted by Gasteiger charge is 2.36. The highest BCUT2D eigenvalue weighted by molar-refractivity contribution is 6.53. The number of rotatable bonds is 0. The average molecular weight is 228 g/mol. The highest BCUT2D eigenvalue weighted by Crippen LogP contribution is 2.40. The molecule has 3 rings (SSSR count). The van der Waals surface area contributed by atoms with Gasteiger partial charge in [0.05, 0.1) is 5.56 Å². The van der Waals surface area contributed by atoms with Gasteiger partial charge in [-0.15, -0.1) is 0 Å². The first-order valence-corrected chi connectivity index (χ1v) is 4.97. The normalized spacial score (nSPS) is 13.4. The van der Waals surface area contributed by atoms with Crippen molar-refractivity contribution in [3.8, 4) is 11.3 Å². The van der Waals surface area contributed by atoms with Crippen molar-refractivity contribution in [3.05, 3.63) is 35.4 Å². The van der Waals surface area contributed by atoms with E-state index >= 15 is 0 Å². The molecule has 1 aliphatic carbocycles. The van der Waals surface area contributed by atoms with Crippen LogP contribution >= 0.6 is 0 Å². The summed E-state index contributed by atoms with van der Waals surface area (Å²) in [6, 6.07) is 6.71. The second-order valence-corrected chi connectivity index (χ2v) is 3.79. The molecule has 5 heteroatoms. The Balaban J connectivity index is 2.44. The molecule has 0 saturated carbocycles. The van der Waals surface area contributed by atoms with Gasteiger partial charge in [-0.25, -0.2) is 0 Å². The van der Waals surface area contributed by atoms with Crippen LogP contribution < -0.4 is 11.5 Å². The first-order valence-electron chi connectivity index (χ1n) is 4.97. The molecule has 0 aliphatic heterocycles. The smallest absolute Gasteiger partial charge is 0.239 e. The van der Waals surface area contributed by atoms with Crippen LogP contribution in [-0.2, 0) is 0 Å². The molecule has 0 saturated heterocycles. The Morgan fingerprint density at radius 2 is 1.59 bits per heavy atom. The summed E-state index contributed by atoms with van der Waals surface area (Å²) in [4.78, 5) is 23.7. The van der Waals surface area contributed by atoms with Gasteiger partial charge in [0.2, 0.25) is 17.5 Å². The maximum Gasteiger partial charge on any atom is 0.239 e. The maximum absolute atomic E-state index is 11.9. The molecular weight excluding hydrogens is 220 g/mol. The Bertz CT molecular complexity index is 670. The summed E-state index contributed by atoms with van der Waals surface area (Å²) in [5.74, 6) is -1.01. The number of Topliss-reactive ketones (excluding diaryl/α,β-unsaturated/α-hetero) is 2. The number of ketones is 2. The van der Waals surface area contributed by atoms with Crippen LogP contribution in [0.2, 0.25) is 0 Å². The third-order valence-electron chi connectivity index (χ3n) is 2.82. The molecule has 1 aromatic carbocycles. The van der Waals surface area contributed by atoms with Crippen molar-refractivity contribution >= 4 is 23.1 Å². The van der Waals surface area contributed by atoms with E-state index in [0.29, 0.717) is 11.1 Å². The molecule has 84 valence electrons. The van der Waals surface area contributed by atoms with Crippen LogP contribution in [-0.4, -0.2) is 11.6 Å². The molecule has 0 radical (unpaired) electrons. The molecule has 0 bridgehead atoms. The summed E-state index contributed by atoms with van der Waals surface area (Å²) in [5, 5.41) is 0. The van der Waals surface area contributed by atoms with E-state index in [1.165, 1.54) is 0 Å². The number of hydrogen-bond acceptors (Lipinski definition) is 5. The Kier molecular flexibility index (Phi) is 1.69. The van der Waals surface area contributed by atoms with E-state index < -0.39 is 11.6 Å². The molecule has 0 fully saturated rings. The van der Waals surface area contributed by atoms with Crippen LogP contribution in [0.1, 0.15) is 20.7 Å². The molecule has 0 unspecified atom stereocenters. The van der Waals surface area contributed by atoms with Crippen LogP contribution in [0.25, 0.3) is 11.3 Å². The molecular formula is C12H8N2O3. The van der Waals surface area contributed by atoms with Crippen LogP contribution in [0.15, 0.2) is 28.7 Å². The lowest BCUT2D eigenvalue weighted by Crippen LogP contribution is -2.21. The van der Waals surface area contributed by atoms with Gasteiger partial charge in [-0.3, -0.25) is 9.59 Å². The lowest BCUT2D eigenvalue weighted by Gasteiger charge is -2.12. The van der Waals surface area contributed by atoms with Crippen LogP contribution in [0.5, 0.6) is 0 Å². The predicted molar refractivity (Wildman–Crippen MR) is 61.6 cm³/mol. The summed E-state index contributed by atoms with van der Waals surface area (Å²) in [7, 11) is 0. The number of anilines is 2. The van der Waals surface area contributed by atoms with E-state index in [-0.39, 0.29) is 22.9 Å². The fraction of sp³-hybridized carbons (Fsp3) is 0. The summed E-state index contributed by atoms with van der Waals surface area (Å²) in [6.45, 7) is 0. The molecule has 17 heavy (non-hydrogen) atoms. The summed E-state index contributed by atoms with van der Waals surface area (Å²) in [6.07, 6.45) is 0. The number of carbonyl (C=O) groups is 2. The Labute approximate surface area is 96.0 Å². The quantitative estimate of drug-likeness (QED) is 0.665. The van der Waals surface area contributed by atoms with Crippen LogP contribution in [0.4, 0.5) is 11.6 Å². The van der Waals surface area contributed by atoms with E-state index in [2.05, 4.69) is 0 Å². The largest absolute Gasteiger partial charge is 0.438 e. The maximum atomic E-state index is 11.9. The van der Waals surface area contributed by atoms with Crippen molar-refractivity contribution in [1.82, 2.24) is 0 Å². The molecule has 1 aromatic heterocycles. The summed E-state index contributed by atoms with van der Waals surface area (Å²) >= 11 is 0. The molecule has 0 atom stereocenters. The number of benzene rings is 1. The minimum atomic E-state index is -0.670. The van der Waals surface area contributed by atoms with Crippen molar-refractivity contribution in [2.45, 2.75) is 0 Å². The topological polar surface area (TPSA) is 99.3 Å². The third-order valence-corrected chi connectivity index (χ3v) is 2.82. The second kappa shape index (κ2) is 2.98. The average Bonchev–Trinajstić information content (AvgIpc) is 2.63. The zero-order chi connectivity index (χ0) is 12.2. The van der Waals surface area contributed by atoms with Gasteiger partial charge in [-0.05, 0) is 0 Å². The van der Waals surface area contributed by atoms with Gasteiger partial charge in [-0.1, -0.05) is 24.3 Å².